The van der Waals surface area contributed by atoms with Crippen LogP contribution in [0.25, 0.3) is 10.9 Å². The summed E-state index contributed by atoms with van der Waals surface area (Å²) in [7, 11) is -3.80. The Morgan fingerprint density at radius 3 is 2.52 bits per heavy atom. The summed E-state index contributed by atoms with van der Waals surface area (Å²) in [5.41, 5.74) is 0.773. The fourth-order valence-corrected chi connectivity index (χ4v) is 4.80. The predicted octanol–water partition coefficient (Wildman–Crippen LogP) is 3.92. The zero-order valence-corrected chi connectivity index (χ0v) is 17.4. The number of carbonyl (C=O) groups excluding carboxylic acids is 1. The van der Waals surface area contributed by atoms with Crippen molar-refractivity contribution in [2.24, 2.45) is 5.92 Å². The molecular formula is C22H25FN2O3S. The lowest BCUT2D eigenvalue weighted by Crippen LogP contribution is -2.28. The zero-order chi connectivity index (χ0) is 21.0. The monoisotopic (exact) mass is 416 g/mol. The normalized spacial score (nSPS) is 11.9. The van der Waals surface area contributed by atoms with Gasteiger partial charge in [0.1, 0.15) is 12.4 Å². The number of amides is 1. The van der Waals surface area contributed by atoms with Crippen molar-refractivity contribution >= 4 is 26.6 Å². The van der Waals surface area contributed by atoms with Crippen molar-refractivity contribution in [1.29, 1.82) is 0 Å². The van der Waals surface area contributed by atoms with Crippen LogP contribution in [0.1, 0.15) is 25.8 Å². The summed E-state index contributed by atoms with van der Waals surface area (Å²) in [6.07, 6.45) is 2.35. The molecule has 0 saturated carbocycles. The van der Waals surface area contributed by atoms with Crippen molar-refractivity contribution < 1.29 is 17.6 Å². The first-order valence-corrected chi connectivity index (χ1v) is 11.2. The molecule has 0 unspecified atom stereocenters. The van der Waals surface area contributed by atoms with E-state index in [9.17, 15) is 17.6 Å². The molecule has 0 saturated heterocycles. The summed E-state index contributed by atoms with van der Waals surface area (Å²) in [6.45, 7) is 4.76. The molecule has 0 spiro atoms. The van der Waals surface area contributed by atoms with E-state index in [0.717, 1.165) is 6.42 Å². The lowest BCUT2D eigenvalue weighted by atomic mass is 10.1. The largest absolute Gasteiger partial charge is 0.355 e. The van der Waals surface area contributed by atoms with Gasteiger partial charge in [0.05, 0.1) is 10.6 Å². The van der Waals surface area contributed by atoms with E-state index in [1.165, 1.54) is 24.4 Å². The van der Waals surface area contributed by atoms with Gasteiger partial charge in [-0.3, -0.25) is 4.79 Å². The summed E-state index contributed by atoms with van der Waals surface area (Å²) in [4.78, 5) is 12.4. The Morgan fingerprint density at radius 2 is 1.79 bits per heavy atom. The summed E-state index contributed by atoms with van der Waals surface area (Å²) >= 11 is 0. The molecule has 1 heterocycles. The second-order valence-electron chi connectivity index (χ2n) is 7.52. The standard InChI is InChI=1S/C22H25FN2O3S/c1-16(2)11-12-24-22(26)14-25-13-21(18-8-4-6-10-20(18)25)29(27,28)15-17-7-3-5-9-19(17)23/h3-10,13,16H,11-12,14-15H2,1-2H3,(H,24,26). The molecule has 0 aliphatic heterocycles. The van der Waals surface area contributed by atoms with Gasteiger partial charge in [-0.15, -0.1) is 0 Å². The lowest BCUT2D eigenvalue weighted by molar-refractivity contribution is -0.121. The second-order valence-corrected chi connectivity index (χ2v) is 9.48. The van der Waals surface area contributed by atoms with E-state index in [-0.39, 0.29) is 22.9 Å². The van der Waals surface area contributed by atoms with Gasteiger partial charge >= 0.3 is 0 Å². The number of carbonyl (C=O) groups is 1. The Kier molecular flexibility index (Phi) is 6.37. The minimum atomic E-state index is -3.80. The van der Waals surface area contributed by atoms with Crippen molar-refractivity contribution in [3.63, 3.8) is 0 Å². The number of para-hydroxylation sites is 1. The van der Waals surface area contributed by atoms with Crippen LogP contribution in [0.4, 0.5) is 4.39 Å². The van der Waals surface area contributed by atoms with E-state index in [2.05, 4.69) is 19.2 Å². The van der Waals surface area contributed by atoms with Gasteiger partial charge in [0.15, 0.2) is 9.84 Å². The molecule has 3 aromatic rings. The molecule has 1 amide bonds. The molecule has 0 bridgehead atoms. The number of rotatable bonds is 8. The maximum absolute atomic E-state index is 14.0. The van der Waals surface area contributed by atoms with Gasteiger partial charge in [-0.05, 0) is 24.5 Å². The maximum Gasteiger partial charge on any atom is 0.239 e. The van der Waals surface area contributed by atoms with Gasteiger partial charge in [-0.2, -0.15) is 0 Å². The molecule has 1 N–H and O–H groups in total. The summed E-state index contributed by atoms with van der Waals surface area (Å²) in [5.74, 6) is -0.680. The number of halogens is 1. The second kappa shape index (κ2) is 8.78. The van der Waals surface area contributed by atoms with Gasteiger partial charge in [-0.1, -0.05) is 50.2 Å². The minimum Gasteiger partial charge on any atom is -0.355 e. The number of aromatic nitrogens is 1. The molecule has 2 aromatic carbocycles. The first-order chi connectivity index (χ1) is 13.8. The van der Waals surface area contributed by atoms with Crippen molar-refractivity contribution in [3.8, 4) is 0 Å². The summed E-state index contributed by atoms with van der Waals surface area (Å²) in [5, 5.41) is 3.39. The molecule has 154 valence electrons. The maximum atomic E-state index is 14.0. The Balaban J connectivity index is 1.89. The van der Waals surface area contributed by atoms with E-state index >= 15 is 0 Å². The van der Waals surface area contributed by atoms with E-state index in [4.69, 9.17) is 0 Å². The number of nitrogens with one attached hydrogen (secondary N) is 1. The van der Waals surface area contributed by atoms with Gasteiger partial charge in [-0.25, -0.2) is 12.8 Å². The molecule has 3 rings (SSSR count). The highest BCUT2D eigenvalue weighted by Crippen LogP contribution is 2.28. The molecule has 0 fully saturated rings. The fraction of sp³-hybridized carbons (Fsp3) is 0.318. The van der Waals surface area contributed by atoms with E-state index in [1.54, 1.807) is 34.9 Å². The van der Waals surface area contributed by atoms with Crippen LogP contribution in [0.15, 0.2) is 59.6 Å². The molecule has 0 atom stereocenters. The summed E-state index contributed by atoms with van der Waals surface area (Å²) < 4.78 is 41.7. The van der Waals surface area contributed by atoms with Crippen molar-refractivity contribution in [2.45, 2.75) is 37.5 Å². The van der Waals surface area contributed by atoms with Crippen LogP contribution in [-0.2, 0) is 26.9 Å². The third-order valence-electron chi connectivity index (χ3n) is 4.75. The summed E-state index contributed by atoms with van der Waals surface area (Å²) in [6, 6.07) is 12.9. The van der Waals surface area contributed by atoms with Crippen molar-refractivity contribution in [2.75, 3.05) is 6.54 Å². The van der Waals surface area contributed by atoms with E-state index in [0.29, 0.717) is 23.4 Å². The van der Waals surface area contributed by atoms with Crippen LogP contribution in [-0.4, -0.2) is 25.4 Å². The SMILES string of the molecule is CC(C)CCNC(=O)Cn1cc(S(=O)(=O)Cc2ccccc2F)c2ccccc21. The number of fused-ring (bicyclic) bond motifs is 1. The first kappa shape index (κ1) is 21.0. The third kappa shape index (κ3) is 5.03. The molecule has 0 radical (unpaired) electrons. The molecule has 7 heteroatoms. The van der Waals surface area contributed by atoms with Crippen LogP contribution in [0.2, 0.25) is 0 Å². The van der Waals surface area contributed by atoms with Crippen molar-refractivity contribution in [3.05, 3.63) is 66.1 Å². The number of sulfone groups is 1. The Bertz CT molecular complexity index is 1120. The molecule has 0 aliphatic rings. The third-order valence-corrected chi connectivity index (χ3v) is 6.43. The number of hydrogen-bond donors (Lipinski definition) is 1. The average Bonchev–Trinajstić information content (AvgIpc) is 3.03. The van der Waals surface area contributed by atoms with Crippen molar-refractivity contribution in [1.82, 2.24) is 9.88 Å². The van der Waals surface area contributed by atoms with Crippen LogP contribution in [0.3, 0.4) is 0 Å². The number of nitrogens with zero attached hydrogens (tertiary/aromatic N) is 1. The highest BCUT2D eigenvalue weighted by Gasteiger charge is 2.23. The van der Waals surface area contributed by atoms with Gasteiger partial charge < -0.3 is 9.88 Å². The van der Waals surface area contributed by atoms with Gasteiger partial charge in [0.2, 0.25) is 5.91 Å². The smallest absolute Gasteiger partial charge is 0.239 e. The first-order valence-electron chi connectivity index (χ1n) is 9.58. The van der Waals surface area contributed by atoms with Gasteiger partial charge in [0, 0.05) is 29.2 Å². The molecule has 5 nitrogen and oxygen atoms in total. The number of hydrogen-bond acceptors (Lipinski definition) is 3. The quantitative estimate of drug-likeness (QED) is 0.605. The highest BCUT2D eigenvalue weighted by molar-refractivity contribution is 7.90. The van der Waals surface area contributed by atoms with E-state index < -0.39 is 21.4 Å². The van der Waals surface area contributed by atoms with Gasteiger partial charge in [0.25, 0.3) is 0 Å². The molecule has 29 heavy (non-hydrogen) atoms. The fourth-order valence-electron chi connectivity index (χ4n) is 3.20. The van der Waals surface area contributed by atoms with Crippen LogP contribution in [0, 0.1) is 11.7 Å². The lowest BCUT2D eigenvalue weighted by Gasteiger charge is -2.08. The molecule has 0 aliphatic carbocycles. The minimum absolute atomic E-state index is 0.0217. The Morgan fingerprint density at radius 1 is 1.10 bits per heavy atom. The van der Waals surface area contributed by atoms with Crippen LogP contribution in [0.5, 0.6) is 0 Å². The highest BCUT2D eigenvalue weighted by atomic mass is 32.2. The Labute approximate surface area is 170 Å². The Hall–Kier alpha value is -2.67. The topological polar surface area (TPSA) is 68.2 Å². The van der Waals surface area contributed by atoms with E-state index in [1.807, 2.05) is 0 Å². The molecular weight excluding hydrogens is 391 g/mol. The van der Waals surface area contributed by atoms with Crippen LogP contribution < -0.4 is 5.32 Å². The molecule has 1 aromatic heterocycles. The zero-order valence-electron chi connectivity index (χ0n) is 16.6. The van der Waals surface area contributed by atoms with Crippen LogP contribution >= 0.6 is 0 Å². The number of benzene rings is 2. The predicted molar refractivity (Wildman–Crippen MR) is 112 cm³/mol. The average molecular weight is 417 g/mol.